The number of fused-ring (bicyclic) bond motifs is 3. The van der Waals surface area contributed by atoms with Gasteiger partial charge >= 0.3 is 0 Å². The van der Waals surface area contributed by atoms with Crippen LogP contribution < -0.4 is 10.1 Å². The Kier molecular flexibility index (Phi) is 7.00. The Balaban J connectivity index is 1.60. The number of carbonyl (C=O) groups is 2. The van der Waals surface area contributed by atoms with Gasteiger partial charge in [0.15, 0.2) is 0 Å². The van der Waals surface area contributed by atoms with E-state index in [-0.39, 0.29) is 24.1 Å². The molecule has 3 aromatic carbocycles. The van der Waals surface area contributed by atoms with Gasteiger partial charge in [0.1, 0.15) is 11.8 Å². The number of hydrogen-bond donors (Lipinski definition) is 1. The van der Waals surface area contributed by atoms with Crippen LogP contribution in [0.5, 0.6) is 5.75 Å². The molecule has 0 fully saturated rings. The Labute approximate surface area is 215 Å². The number of hydrogen-bond acceptors (Lipinski definition) is 4. The van der Waals surface area contributed by atoms with E-state index in [0.29, 0.717) is 13.2 Å². The topological polar surface area (TPSA) is 63.6 Å². The van der Waals surface area contributed by atoms with Crippen LogP contribution in [0.1, 0.15) is 29.7 Å². The molecule has 6 nitrogen and oxygen atoms in total. The van der Waals surface area contributed by atoms with E-state index in [1.54, 1.807) is 4.90 Å². The van der Waals surface area contributed by atoms with Gasteiger partial charge in [-0.3, -0.25) is 9.59 Å². The Hall–Kier alpha value is -3.71. The van der Waals surface area contributed by atoms with Crippen molar-refractivity contribution in [2.45, 2.75) is 31.1 Å². The van der Waals surface area contributed by atoms with E-state index in [1.165, 1.54) is 11.8 Å². The fourth-order valence-electron chi connectivity index (χ4n) is 4.80. The molecule has 5 rings (SSSR count). The summed E-state index contributed by atoms with van der Waals surface area (Å²) in [6.07, 6.45) is 0. The maximum absolute atomic E-state index is 13.9. The standard InChI is InChI=1S/C29H29N3O3S/c1-3-35-24-16-10-7-13-21(24)18-32-25(33)19-36-29-26(22-14-8-9-15-23(22)31(29)2)27(32)28(34)30-17-20-11-5-4-6-12-20/h4-16,27H,3,17-19H2,1-2H3,(H,30,34)/t27-/m0/s1. The molecular weight excluding hydrogens is 470 g/mol. The van der Waals surface area contributed by atoms with Crippen molar-refractivity contribution in [1.29, 1.82) is 0 Å². The number of thioether (sulfide) groups is 1. The second-order valence-electron chi connectivity index (χ2n) is 8.75. The molecule has 36 heavy (non-hydrogen) atoms. The Morgan fingerprint density at radius 3 is 2.56 bits per heavy atom. The van der Waals surface area contributed by atoms with Gasteiger partial charge < -0.3 is 19.5 Å². The number of aromatic nitrogens is 1. The van der Waals surface area contributed by atoms with E-state index in [1.807, 2.05) is 86.8 Å². The minimum absolute atomic E-state index is 0.0774. The molecule has 0 aliphatic carbocycles. The SMILES string of the molecule is CCOc1ccccc1CN1C(=O)CSc2c(c3ccccc3n2C)[C@H]1C(=O)NCc1ccccc1. The van der Waals surface area contributed by atoms with Gasteiger partial charge in [-0.2, -0.15) is 0 Å². The van der Waals surface area contributed by atoms with E-state index in [0.717, 1.165) is 38.4 Å². The molecule has 2 heterocycles. The minimum Gasteiger partial charge on any atom is -0.494 e. The number of amides is 2. The summed E-state index contributed by atoms with van der Waals surface area (Å²) in [7, 11) is 2.00. The fraction of sp³-hybridized carbons (Fsp3) is 0.241. The molecule has 1 aromatic heterocycles. The molecule has 1 atom stereocenters. The summed E-state index contributed by atoms with van der Waals surface area (Å²) < 4.78 is 7.94. The lowest BCUT2D eigenvalue weighted by Gasteiger charge is -2.30. The van der Waals surface area contributed by atoms with E-state index in [9.17, 15) is 9.59 Å². The van der Waals surface area contributed by atoms with Gasteiger partial charge in [-0.15, -0.1) is 0 Å². The van der Waals surface area contributed by atoms with Crippen molar-refractivity contribution in [2.24, 2.45) is 7.05 Å². The fourth-order valence-corrected chi connectivity index (χ4v) is 5.89. The van der Waals surface area contributed by atoms with Crippen molar-refractivity contribution in [2.75, 3.05) is 12.4 Å². The van der Waals surface area contributed by atoms with Gasteiger partial charge in [-0.1, -0.05) is 78.5 Å². The summed E-state index contributed by atoms with van der Waals surface area (Å²) in [4.78, 5) is 29.2. The molecule has 0 radical (unpaired) electrons. The van der Waals surface area contributed by atoms with Crippen LogP contribution in [0.15, 0.2) is 83.9 Å². The first kappa shape index (κ1) is 24.0. The highest BCUT2D eigenvalue weighted by atomic mass is 32.2. The molecule has 0 saturated carbocycles. The molecule has 0 bridgehead atoms. The van der Waals surface area contributed by atoms with Crippen LogP contribution >= 0.6 is 11.8 Å². The third-order valence-corrected chi connectivity index (χ3v) is 7.66. The third kappa shape index (κ3) is 4.58. The first-order valence-electron chi connectivity index (χ1n) is 12.1. The molecule has 0 spiro atoms. The lowest BCUT2D eigenvalue weighted by atomic mass is 10.0. The zero-order valence-electron chi connectivity index (χ0n) is 20.4. The second kappa shape index (κ2) is 10.5. The number of para-hydroxylation sites is 2. The normalized spacial score (nSPS) is 15.4. The van der Waals surface area contributed by atoms with Crippen molar-refractivity contribution in [1.82, 2.24) is 14.8 Å². The highest BCUT2D eigenvalue weighted by molar-refractivity contribution is 8.00. The van der Waals surface area contributed by atoms with Gasteiger partial charge in [0.05, 0.1) is 23.9 Å². The zero-order valence-corrected chi connectivity index (χ0v) is 21.3. The molecule has 4 aromatic rings. The van der Waals surface area contributed by atoms with Gasteiger partial charge in [0.25, 0.3) is 0 Å². The quantitative estimate of drug-likeness (QED) is 0.386. The van der Waals surface area contributed by atoms with Crippen LogP contribution in [0.4, 0.5) is 0 Å². The predicted octanol–water partition coefficient (Wildman–Crippen LogP) is 5.07. The molecule has 0 unspecified atom stereocenters. The molecule has 0 saturated heterocycles. The number of nitrogens with zero attached hydrogens (tertiary/aromatic N) is 2. The Morgan fingerprint density at radius 2 is 1.75 bits per heavy atom. The average molecular weight is 500 g/mol. The Morgan fingerprint density at radius 1 is 1.03 bits per heavy atom. The molecule has 1 aliphatic heterocycles. The lowest BCUT2D eigenvalue weighted by molar-refractivity contribution is -0.139. The maximum Gasteiger partial charge on any atom is 0.247 e. The van der Waals surface area contributed by atoms with Crippen molar-refractivity contribution >= 4 is 34.5 Å². The summed E-state index contributed by atoms with van der Waals surface area (Å²) >= 11 is 1.49. The monoisotopic (exact) mass is 499 g/mol. The van der Waals surface area contributed by atoms with Crippen molar-refractivity contribution in [3.63, 3.8) is 0 Å². The van der Waals surface area contributed by atoms with Crippen LogP contribution in [0, 0.1) is 0 Å². The molecule has 184 valence electrons. The summed E-state index contributed by atoms with van der Waals surface area (Å²) in [5.74, 6) is 0.718. The van der Waals surface area contributed by atoms with E-state index < -0.39 is 6.04 Å². The number of ether oxygens (including phenoxy) is 1. The summed E-state index contributed by atoms with van der Waals surface area (Å²) in [6, 6.07) is 24.8. The van der Waals surface area contributed by atoms with Crippen LogP contribution in [0.2, 0.25) is 0 Å². The third-order valence-electron chi connectivity index (χ3n) is 6.50. The van der Waals surface area contributed by atoms with Crippen LogP contribution in [-0.2, 0) is 29.7 Å². The molecule has 1 N–H and O–H groups in total. The highest BCUT2D eigenvalue weighted by Gasteiger charge is 2.39. The van der Waals surface area contributed by atoms with Crippen LogP contribution in [0.25, 0.3) is 10.9 Å². The van der Waals surface area contributed by atoms with Crippen molar-refractivity contribution in [3.05, 3.63) is 95.6 Å². The average Bonchev–Trinajstić information content (AvgIpc) is 3.09. The predicted molar refractivity (Wildman–Crippen MR) is 143 cm³/mol. The van der Waals surface area contributed by atoms with Gasteiger partial charge in [-0.25, -0.2) is 0 Å². The summed E-state index contributed by atoms with van der Waals surface area (Å²) in [5.41, 5.74) is 3.80. The van der Waals surface area contributed by atoms with E-state index >= 15 is 0 Å². The molecule has 7 heteroatoms. The van der Waals surface area contributed by atoms with E-state index in [4.69, 9.17) is 4.74 Å². The molecule has 2 amide bonds. The van der Waals surface area contributed by atoms with Crippen LogP contribution in [0.3, 0.4) is 0 Å². The van der Waals surface area contributed by atoms with Crippen molar-refractivity contribution < 1.29 is 14.3 Å². The Bertz CT molecular complexity index is 1400. The number of aryl methyl sites for hydroxylation is 1. The van der Waals surface area contributed by atoms with Gasteiger partial charge in [-0.05, 0) is 24.6 Å². The smallest absolute Gasteiger partial charge is 0.247 e. The maximum atomic E-state index is 13.9. The first-order valence-corrected chi connectivity index (χ1v) is 13.1. The number of benzene rings is 3. The summed E-state index contributed by atoms with van der Waals surface area (Å²) in [6.45, 7) is 3.13. The highest BCUT2D eigenvalue weighted by Crippen LogP contribution is 2.42. The second-order valence-corrected chi connectivity index (χ2v) is 9.72. The number of nitrogens with one attached hydrogen (secondary N) is 1. The molecule has 1 aliphatic rings. The van der Waals surface area contributed by atoms with E-state index in [2.05, 4.69) is 16.0 Å². The first-order chi connectivity index (χ1) is 17.6. The number of carbonyl (C=O) groups excluding carboxylic acids is 2. The zero-order chi connectivity index (χ0) is 25.1. The number of rotatable bonds is 7. The summed E-state index contributed by atoms with van der Waals surface area (Å²) in [5, 5.41) is 5.04. The van der Waals surface area contributed by atoms with Crippen LogP contribution in [-0.4, -0.2) is 33.6 Å². The minimum atomic E-state index is -0.771. The largest absolute Gasteiger partial charge is 0.494 e. The van der Waals surface area contributed by atoms with Crippen molar-refractivity contribution in [3.8, 4) is 5.75 Å². The van der Waals surface area contributed by atoms with Gasteiger partial charge in [0, 0.05) is 35.6 Å². The van der Waals surface area contributed by atoms with Gasteiger partial charge in [0.2, 0.25) is 11.8 Å². The molecular formula is C29H29N3O3S. The lowest BCUT2D eigenvalue weighted by Crippen LogP contribution is -2.43.